The van der Waals surface area contributed by atoms with Crippen LogP contribution in [0.5, 0.6) is 11.6 Å². The van der Waals surface area contributed by atoms with E-state index in [-0.39, 0.29) is 11.4 Å². The standard InChI is InChI=1S/C11H7BrN2O3/c12-7-4-9(11(15)16)10(14-5-7)17-8-2-1-3-13-6-8/h1-6H,(H,15,16). The van der Waals surface area contributed by atoms with Gasteiger partial charge in [0, 0.05) is 16.9 Å². The fraction of sp³-hybridized carbons (Fsp3) is 0. The molecule has 86 valence electrons. The molecule has 0 fully saturated rings. The Hall–Kier alpha value is -1.95. The number of hydrogen-bond acceptors (Lipinski definition) is 4. The first-order valence-electron chi connectivity index (χ1n) is 4.63. The molecule has 0 atom stereocenters. The number of halogens is 1. The van der Waals surface area contributed by atoms with Gasteiger partial charge < -0.3 is 9.84 Å². The first-order valence-corrected chi connectivity index (χ1v) is 5.43. The second-order valence-corrected chi connectivity index (χ2v) is 4.02. The third-order valence-electron chi connectivity index (χ3n) is 1.90. The average molecular weight is 295 g/mol. The highest BCUT2D eigenvalue weighted by molar-refractivity contribution is 9.10. The Morgan fingerprint density at radius 1 is 1.41 bits per heavy atom. The predicted molar refractivity (Wildman–Crippen MR) is 63.2 cm³/mol. The SMILES string of the molecule is O=C(O)c1cc(Br)cnc1Oc1cccnc1. The molecule has 0 spiro atoms. The van der Waals surface area contributed by atoms with Crippen LogP contribution in [0.3, 0.4) is 0 Å². The lowest BCUT2D eigenvalue weighted by atomic mass is 10.3. The van der Waals surface area contributed by atoms with Crippen molar-refractivity contribution in [2.75, 3.05) is 0 Å². The molecule has 0 aliphatic carbocycles. The van der Waals surface area contributed by atoms with Crippen LogP contribution < -0.4 is 4.74 Å². The molecular weight excluding hydrogens is 288 g/mol. The second-order valence-electron chi connectivity index (χ2n) is 3.10. The fourth-order valence-electron chi connectivity index (χ4n) is 1.18. The Labute approximate surface area is 105 Å². The molecule has 1 N–H and O–H groups in total. The molecule has 6 heteroatoms. The minimum Gasteiger partial charge on any atom is -0.477 e. The normalized spacial score (nSPS) is 9.94. The van der Waals surface area contributed by atoms with Crippen molar-refractivity contribution < 1.29 is 14.6 Å². The van der Waals surface area contributed by atoms with E-state index in [1.165, 1.54) is 18.5 Å². The molecule has 2 heterocycles. The molecule has 0 aliphatic rings. The smallest absolute Gasteiger partial charge is 0.341 e. The summed E-state index contributed by atoms with van der Waals surface area (Å²) in [6.45, 7) is 0. The highest BCUT2D eigenvalue weighted by Crippen LogP contribution is 2.24. The zero-order valence-electron chi connectivity index (χ0n) is 8.50. The Morgan fingerprint density at radius 3 is 2.88 bits per heavy atom. The van der Waals surface area contributed by atoms with E-state index in [0.717, 1.165) is 0 Å². The maximum Gasteiger partial charge on any atom is 0.341 e. The van der Waals surface area contributed by atoms with E-state index >= 15 is 0 Å². The van der Waals surface area contributed by atoms with E-state index in [1.807, 2.05) is 0 Å². The Morgan fingerprint density at radius 2 is 2.24 bits per heavy atom. The van der Waals surface area contributed by atoms with E-state index in [0.29, 0.717) is 10.2 Å². The number of carboxylic acid groups (broad SMARTS) is 1. The van der Waals surface area contributed by atoms with Gasteiger partial charge >= 0.3 is 5.97 Å². The molecule has 2 rings (SSSR count). The summed E-state index contributed by atoms with van der Waals surface area (Å²) in [5.41, 5.74) is -0.0109. The molecular formula is C11H7BrN2O3. The van der Waals surface area contributed by atoms with Crippen molar-refractivity contribution in [3.05, 3.63) is 46.8 Å². The number of hydrogen-bond donors (Lipinski definition) is 1. The summed E-state index contributed by atoms with van der Waals surface area (Å²) in [6, 6.07) is 4.79. The lowest BCUT2D eigenvalue weighted by molar-refractivity contribution is 0.0693. The summed E-state index contributed by atoms with van der Waals surface area (Å²) in [6.07, 6.45) is 4.55. The van der Waals surface area contributed by atoms with Crippen LogP contribution >= 0.6 is 15.9 Å². The summed E-state index contributed by atoms with van der Waals surface area (Å²) in [5, 5.41) is 9.01. The fourth-order valence-corrected chi connectivity index (χ4v) is 1.51. The van der Waals surface area contributed by atoms with Crippen molar-refractivity contribution in [3.8, 4) is 11.6 Å². The van der Waals surface area contributed by atoms with Crippen LogP contribution in [0.2, 0.25) is 0 Å². The summed E-state index contributed by atoms with van der Waals surface area (Å²) in [7, 11) is 0. The quantitative estimate of drug-likeness (QED) is 0.942. The van der Waals surface area contributed by atoms with Gasteiger partial charge in [0.1, 0.15) is 11.3 Å². The maximum absolute atomic E-state index is 11.0. The summed E-state index contributed by atoms with van der Waals surface area (Å²) < 4.78 is 5.93. The third kappa shape index (κ3) is 2.79. The van der Waals surface area contributed by atoms with Crippen molar-refractivity contribution in [1.29, 1.82) is 0 Å². The van der Waals surface area contributed by atoms with E-state index in [1.54, 1.807) is 18.3 Å². The Bertz CT molecular complexity index is 546. The number of pyridine rings is 2. The van der Waals surface area contributed by atoms with Gasteiger partial charge in [-0.1, -0.05) is 0 Å². The van der Waals surface area contributed by atoms with Gasteiger partial charge in [-0.3, -0.25) is 4.98 Å². The van der Waals surface area contributed by atoms with Crippen molar-refractivity contribution in [1.82, 2.24) is 9.97 Å². The predicted octanol–water partition coefficient (Wildman–Crippen LogP) is 2.73. The number of aromatic carboxylic acids is 1. The molecule has 5 nitrogen and oxygen atoms in total. The summed E-state index contributed by atoms with van der Waals surface area (Å²) in [5.74, 6) is -0.629. The summed E-state index contributed by atoms with van der Waals surface area (Å²) >= 11 is 3.16. The maximum atomic E-state index is 11.0. The van der Waals surface area contributed by atoms with Gasteiger partial charge in [0.25, 0.3) is 0 Å². The van der Waals surface area contributed by atoms with E-state index in [9.17, 15) is 4.79 Å². The van der Waals surface area contributed by atoms with Crippen molar-refractivity contribution in [2.24, 2.45) is 0 Å². The van der Waals surface area contributed by atoms with Crippen LogP contribution in [-0.2, 0) is 0 Å². The highest BCUT2D eigenvalue weighted by atomic mass is 79.9. The zero-order chi connectivity index (χ0) is 12.3. The van der Waals surface area contributed by atoms with Crippen molar-refractivity contribution in [3.63, 3.8) is 0 Å². The molecule has 0 unspecified atom stereocenters. The molecule has 0 bridgehead atoms. The largest absolute Gasteiger partial charge is 0.477 e. The average Bonchev–Trinajstić information content (AvgIpc) is 2.32. The van der Waals surface area contributed by atoms with Crippen molar-refractivity contribution >= 4 is 21.9 Å². The summed E-state index contributed by atoms with van der Waals surface area (Å²) in [4.78, 5) is 18.8. The number of rotatable bonds is 3. The minimum absolute atomic E-state index is 0.0109. The van der Waals surface area contributed by atoms with Crippen LogP contribution in [0.4, 0.5) is 0 Å². The molecule has 2 aromatic heterocycles. The monoisotopic (exact) mass is 294 g/mol. The second kappa shape index (κ2) is 4.92. The highest BCUT2D eigenvalue weighted by Gasteiger charge is 2.14. The molecule has 0 radical (unpaired) electrons. The van der Waals surface area contributed by atoms with Crippen LogP contribution in [0.15, 0.2) is 41.3 Å². The first kappa shape index (κ1) is 11.5. The van der Waals surface area contributed by atoms with Crippen LogP contribution in [0, 0.1) is 0 Å². The lowest BCUT2D eigenvalue weighted by Crippen LogP contribution is -2.02. The molecule has 0 saturated heterocycles. The zero-order valence-corrected chi connectivity index (χ0v) is 10.1. The van der Waals surface area contributed by atoms with E-state index < -0.39 is 5.97 Å². The van der Waals surface area contributed by atoms with E-state index in [4.69, 9.17) is 9.84 Å². The van der Waals surface area contributed by atoms with E-state index in [2.05, 4.69) is 25.9 Å². The van der Waals surface area contributed by atoms with Gasteiger partial charge in [-0.05, 0) is 34.1 Å². The molecule has 0 amide bonds. The van der Waals surface area contributed by atoms with Gasteiger partial charge in [-0.15, -0.1) is 0 Å². The van der Waals surface area contributed by atoms with Crippen LogP contribution in [0.1, 0.15) is 10.4 Å². The number of carbonyl (C=O) groups is 1. The minimum atomic E-state index is -1.10. The topological polar surface area (TPSA) is 72.3 Å². The van der Waals surface area contributed by atoms with Gasteiger partial charge in [-0.2, -0.15) is 0 Å². The van der Waals surface area contributed by atoms with Crippen molar-refractivity contribution in [2.45, 2.75) is 0 Å². The van der Waals surface area contributed by atoms with Crippen LogP contribution in [-0.4, -0.2) is 21.0 Å². The Kier molecular flexibility index (Phi) is 3.34. The molecule has 0 aromatic carbocycles. The van der Waals surface area contributed by atoms with Gasteiger partial charge in [0.15, 0.2) is 0 Å². The molecule has 17 heavy (non-hydrogen) atoms. The lowest BCUT2D eigenvalue weighted by Gasteiger charge is -2.06. The number of carboxylic acids is 1. The van der Waals surface area contributed by atoms with Crippen LogP contribution in [0.25, 0.3) is 0 Å². The Balaban J connectivity index is 2.36. The number of nitrogens with zero attached hydrogens (tertiary/aromatic N) is 2. The first-order chi connectivity index (χ1) is 8.16. The van der Waals surface area contributed by atoms with Gasteiger partial charge in [0.2, 0.25) is 5.88 Å². The van der Waals surface area contributed by atoms with Gasteiger partial charge in [0.05, 0.1) is 6.20 Å². The molecule has 2 aromatic rings. The molecule has 0 saturated carbocycles. The van der Waals surface area contributed by atoms with Gasteiger partial charge in [-0.25, -0.2) is 9.78 Å². The number of aromatic nitrogens is 2. The number of ether oxygens (including phenoxy) is 1. The third-order valence-corrected chi connectivity index (χ3v) is 2.33. The molecule has 0 aliphatic heterocycles.